The summed E-state index contributed by atoms with van der Waals surface area (Å²) < 4.78 is 13.4. The summed E-state index contributed by atoms with van der Waals surface area (Å²) in [4.78, 5) is 26.3. The number of rotatable bonds is 3. The highest BCUT2D eigenvalue weighted by molar-refractivity contribution is 5.99. The van der Waals surface area contributed by atoms with Gasteiger partial charge in [-0.3, -0.25) is 9.59 Å². The molecular formula is C16H21FN2O2. The van der Waals surface area contributed by atoms with Crippen LogP contribution in [0.15, 0.2) is 18.2 Å². The van der Waals surface area contributed by atoms with Gasteiger partial charge in [0, 0.05) is 6.54 Å². The van der Waals surface area contributed by atoms with Crippen LogP contribution in [0, 0.1) is 12.7 Å². The van der Waals surface area contributed by atoms with E-state index in [0.717, 1.165) is 11.1 Å². The molecule has 1 aliphatic heterocycles. The first-order chi connectivity index (χ1) is 9.76. The highest BCUT2D eigenvalue weighted by Gasteiger charge is 2.44. The first-order valence-corrected chi connectivity index (χ1v) is 7.14. The molecular weight excluding hydrogens is 271 g/mol. The highest BCUT2D eigenvalue weighted by atomic mass is 19.1. The molecule has 5 heteroatoms. The molecule has 1 N–H and O–H groups in total. The second kappa shape index (κ2) is 5.47. The number of aryl methyl sites for hydroxylation is 1. The second-order valence-corrected chi connectivity index (χ2v) is 6.04. The zero-order valence-corrected chi connectivity index (χ0v) is 12.9. The van der Waals surface area contributed by atoms with E-state index < -0.39 is 11.6 Å². The molecule has 0 bridgehead atoms. The standard InChI is InChI=1S/C16H21FN2O2/c1-5-13-14(20)18-16(3,4)15(21)19(13)9-11-8-12(17)7-6-10(11)2/h6-8,13H,5,9H2,1-4H3,(H,18,20). The molecule has 0 radical (unpaired) electrons. The van der Waals surface area contributed by atoms with E-state index in [1.54, 1.807) is 24.8 Å². The Morgan fingerprint density at radius 1 is 1.33 bits per heavy atom. The lowest BCUT2D eigenvalue weighted by Gasteiger charge is -2.42. The smallest absolute Gasteiger partial charge is 0.248 e. The molecule has 1 aliphatic rings. The Labute approximate surface area is 124 Å². The second-order valence-electron chi connectivity index (χ2n) is 6.04. The molecule has 0 aromatic heterocycles. The number of nitrogens with zero attached hydrogens (tertiary/aromatic N) is 1. The van der Waals surface area contributed by atoms with E-state index in [1.165, 1.54) is 12.1 Å². The summed E-state index contributed by atoms with van der Waals surface area (Å²) in [5.41, 5.74) is 0.708. The summed E-state index contributed by atoms with van der Waals surface area (Å²) in [5, 5.41) is 2.74. The van der Waals surface area contributed by atoms with Crippen molar-refractivity contribution in [1.82, 2.24) is 10.2 Å². The van der Waals surface area contributed by atoms with Gasteiger partial charge in [0.2, 0.25) is 11.8 Å². The Balaban J connectivity index is 2.36. The average molecular weight is 292 g/mol. The lowest BCUT2D eigenvalue weighted by atomic mass is 9.94. The number of benzene rings is 1. The van der Waals surface area contributed by atoms with Crippen molar-refractivity contribution < 1.29 is 14.0 Å². The molecule has 2 amide bonds. The normalized spacial score (nSPS) is 21.4. The van der Waals surface area contributed by atoms with Gasteiger partial charge in [-0.05, 0) is 50.5 Å². The molecule has 1 aromatic carbocycles. The minimum absolute atomic E-state index is 0.141. The number of hydrogen-bond donors (Lipinski definition) is 1. The summed E-state index contributed by atoms with van der Waals surface area (Å²) >= 11 is 0. The van der Waals surface area contributed by atoms with Crippen LogP contribution >= 0.6 is 0 Å². The number of amides is 2. The number of hydrogen-bond acceptors (Lipinski definition) is 2. The molecule has 1 heterocycles. The highest BCUT2D eigenvalue weighted by Crippen LogP contribution is 2.23. The van der Waals surface area contributed by atoms with E-state index in [9.17, 15) is 14.0 Å². The van der Waals surface area contributed by atoms with Gasteiger partial charge >= 0.3 is 0 Å². The first kappa shape index (κ1) is 15.5. The van der Waals surface area contributed by atoms with Crippen LogP contribution in [0.1, 0.15) is 38.3 Å². The lowest BCUT2D eigenvalue weighted by molar-refractivity contribution is -0.154. The van der Waals surface area contributed by atoms with Gasteiger partial charge in [-0.15, -0.1) is 0 Å². The maximum absolute atomic E-state index is 13.4. The summed E-state index contributed by atoms with van der Waals surface area (Å²) in [5.74, 6) is -0.634. The fourth-order valence-electron chi connectivity index (χ4n) is 2.67. The van der Waals surface area contributed by atoms with Gasteiger partial charge in [0.05, 0.1) is 0 Å². The number of piperazine rings is 1. The first-order valence-electron chi connectivity index (χ1n) is 7.14. The molecule has 1 fully saturated rings. The van der Waals surface area contributed by atoms with Gasteiger partial charge in [0.25, 0.3) is 0 Å². The molecule has 0 aliphatic carbocycles. The van der Waals surface area contributed by atoms with Crippen LogP contribution in [0.3, 0.4) is 0 Å². The predicted molar refractivity (Wildman–Crippen MR) is 78.0 cm³/mol. The maximum atomic E-state index is 13.4. The van der Waals surface area contributed by atoms with E-state index in [0.29, 0.717) is 6.42 Å². The van der Waals surface area contributed by atoms with Crippen LogP contribution in [0.25, 0.3) is 0 Å². The van der Waals surface area contributed by atoms with Gasteiger partial charge in [0.15, 0.2) is 0 Å². The van der Waals surface area contributed by atoms with Crippen molar-refractivity contribution in [3.05, 3.63) is 35.1 Å². The third kappa shape index (κ3) is 2.91. The van der Waals surface area contributed by atoms with Gasteiger partial charge < -0.3 is 10.2 Å². The largest absolute Gasteiger partial charge is 0.340 e. The molecule has 0 saturated carbocycles. The minimum atomic E-state index is -0.927. The molecule has 4 nitrogen and oxygen atoms in total. The monoisotopic (exact) mass is 292 g/mol. The molecule has 114 valence electrons. The Kier molecular flexibility index (Phi) is 4.03. The van der Waals surface area contributed by atoms with Crippen LogP contribution in [-0.4, -0.2) is 28.3 Å². The quantitative estimate of drug-likeness (QED) is 0.928. The minimum Gasteiger partial charge on any atom is -0.340 e. The summed E-state index contributed by atoms with van der Waals surface area (Å²) in [6, 6.07) is 4.00. The fourth-order valence-corrected chi connectivity index (χ4v) is 2.67. The summed E-state index contributed by atoms with van der Waals surface area (Å²) in [7, 11) is 0. The molecule has 21 heavy (non-hydrogen) atoms. The van der Waals surface area contributed by atoms with Gasteiger partial charge in [-0.25, -0.2) is 4.39 Å². The van der Waals surface area contributed by atoms with Crippen molar-refractivity contribution in [1.29, 1.82) is 0 Å². The molecule has 2 rings (SSSR count). The van der Waals surface area contributed by atoms with Crippen LogP contribution in [0.2, 0.25) is 0 Å². The summed E-state index contributed by atoms with van der Waals surface area (Å²) in [6.45, 7) is 7.35. The van der Waals surface area contributed by atoms with Crippen LogP contribution in [0.5, 0.6) is 0 Å². The van der Waals surface area contributed by atoms with Gasteiger partial charge in [-0.2, -0.15) is 0 Å². The van der Waals surface area contributed by atoms with Crippen LogP contribution in [0.4, 0.5) is 4.39 Å². The maximum Gasteiger partial charge on any atom is 0.248 e. The molecule has 1 atom stereocenters. The Morgan fingerprint density at radius 3 is 2.62 bits per heavy atom. The number of carbonyl (C=O) groups is 2. The van der Waals surface area contributed by atoms with Gasteiger partial charge in [-0.1, -0.05) is 13.0 Å². The third-order valence-electron chi connectivity index (χ3n) is 3.95. The van der Waals surface area contributed by atoms with E-state index in [2.05, 4.69) is 5.32 Å². The zero-order valence-electron chi connectivity index (χ0n) is 12.9. The zero-order chi connectivity index (χ0) is 15.8. The van der Waals surface area contributed by atoms with Crippen molar-refractivity contribution in [2.75, 3.05) is 0 Å². The van der Waals surface area contributed by atoms with Crippen LogP contribution in [-0.2, 0) is 16.1 Å². The van der Waals surface area contributed by atoms with Crippen LogP contribution < -0.4 is 5.32 Å². The number of halogens is 1. The van der Waals surface area contributed by atoms with Crippen molar-refractivity contribution in [3.8, 4) is 0 Å². The predicted octanol–water partition coefficient (Wildman–Crippen LogP) is 2.15. The van der Waals surface area contributed by atoms with E-state index in [-0.39, 0.29) is 24.2 Å². The Hall–Kier alpha value is -1.91. The van der Waals surface area contributed by atoms with Crippen molar-refractivity contribution >= 4 is 11.8 Å². The fraction of sp³-hybridized carbons (Fsp3) is 0.500. The number of carbonyl (C=O) groups excluding carboxylic acids is 2. The summed E-state index contributed by atoms with van der Waals surface area (Å²) in [6.07, 6.45) is 0.530. The third-order valence-corrected chi connectivity index (χ3v) is 3.95. The van der Waals surface area contributed by atoms with Crippen molar-refractivity contribution in [2.24, 2.45) is 0 Å². The van der Waals surface area contributed by atoms with E-state index >= 15 is 0 Å². The van der Waals surface area contributed by atoms with Crippen molar-refractivity contribution in [2.45, 2.75) is 52.2 Å². The average Bonchev–Trinajstić information content (AvgIpc) is 2.39. The van der Waals surface area contributed by atoms with Crippen molar-refractivity contribution in [3.63, 3.8) is 0 Å². The number of nitrogens with one attached hydrogen (secondary N) is 1. The Morgan fingerprint density at radius 2 is 2.00 bits per heavy atom. The lowest BCUT2D eigenvalue weighted by Crippen LogP contribution is -2.67. The molecule has 1 unspecified atom stereocenters. The Bertz CT molecular complexity index is 584. The van der Waals surface area contributed by atoms with E-state index in [4.69, 9.17) is 0 Å². The molecule has 0 spiro atoms. The SMILES string of the molecule is CCC1C(=O)NC(C)(C)C(=O)N1Cc1cc(F)ccc1C. The topological polar surface area (TPSA) is 49.4 Å². The molecule has 1 aromatic rings. The molecule has 1 saturated heterocycles. The van der Waals surface area contributed by atoms with Gasteiger partial charge in [0.1, 0.15) is 17.4 Å². The van der Waals surface area contributed by atoms with E-state index in [1.807, 2.05) is 13.8 Å².